The zero-order chi connectivity index (χ0) is 22.0. The molecule has 0 saturated carbocycles. The second kappa shape index (κ2) is 8.39. The Balaban J connectivity index is 1.78. The summed E-state index contributed by atoms with van der Waals surface area (Å²) in [6.45, 7) is 0. The minimum absolute atomic E-state index is 0.269. The molecular formula is C24H21NO6. The molecule has 158 valence electrons. The molecule has 7 heteroatoms. The topological polar surface area (TPSA) is 83.1 Å². The Kier molecular flexibility index (Phi) is 5.49. The van der Waals surface area contributed by atoms with Gasteiger partial charge >= 0.3 is 0 Å². The summed E-state index contributed by atoms with van der Waals surface area (Å²) in [4.78, 5) is 26.2. The molecule has 0 radical (unpaired) electrons. The van der Waals surface area contributed by atoms with Gasteiger partial charge in [-0.25, -0.2) is 0 Å². The summed E-state index contributed by atoms with van der Waals surface area (Å²) in [5.41, 5.74) is 1.23. The van der Waals surface area contributed by atoms with Gasteiger partial charge in [0.05, 0.1) is 27.0 Å². The van der Waals surface area contributed by atoms with Crippen LogP contribution in [0, 0.1) is 0 Å². The van der Waals surface area contributed by atoms with Gasteiger partial charge < -0.3 is 24.3 Å². The second-order valence-electron chi connectivity index (χ2n) is 6.86. The van der Waals surface area contributed by atoms with Crippen LogP contribution in [0.4, 0.5) is 5.69 Å². The molecule has 0 aliphatic carbocycles. The number of ketones is 1. The summed E-state index contributed by atoms with van der Waals surface area (Å²) in [5, 5.41) is 2.83. The number of methoxy groups -OCH3 is 3. The second-order valence-corrected chi connectivity index (χ2v) is 6.86. The third-order valence-electron chi connectivity index (χ3n) is 5.07. The number of hydrogen-bond donors (Lipinski definition) is 1. The molecule has 3 aromatic carbocycles. The standard InChI is InChI=1S/C24H21NO6/c1-28-15-9-10-18(19(12-15)30-3)31-20-13-16(29-2)11-17-22(20)25-24(27)21(23(17)26)14-7-5-4-6-8-14/h4-13,21H,1-3H3,(H,25,27). The van der Waals surface area contributed by atoms with Crippen LogP contribution in [0.1, 0.15) is 21.8 Å². The van der Waals surface area contributed by atoms with E-state index in [0.29, 0.717) is 39.8 Å². The summed E-state index contributed by atoms with van der Waals surface area (Å²) in [6, 6.07) is 17.2. The summed E-state index contributed by atoms with van der Waals surface area (Å²) >= 11 is 0. The molecule has 1 amide bonds. The van der Waals surface area contributed by atoms with Gasteiger partial charge in [-0.15, -0.1) is 0 Å². The number of Topliss-reactive ketones (excluding diaryl/α,β-unsaturated/α-hetero) is 1. The quantitative estimate of drug-likeness (QED) is 0.596. The van der Waals surface area contributed by atoms with Crippen LogP contribution in [0.2, 0.25) is 0 Å². The Morgan fingerprint density at radius 3 is 2.13 bits per heavy atom. The first-order valence-corrected chi connectivity index (χ1v) is 9.57. The van der Waals surface area contributed by atoms with Crippen LogP contribution in [0.3, 0.4) is 0 Å². The first-order valence-electron chi connectivity index (χ1n) is 9.57. The van der Waals surface area contributed by atoms with Crippen LogP contribution in [-0.4, -0.2) is 33.0 Å². The van der Waals surface area contributed by atoms with Gasteiger partial charge in [0.2, 0.25) is 5.91 Å². The van der Waals surface area contributed by atoms with Crippen LogP contribution in [0.25, 0.3) is 0 Å². The number of rotatable bonds is 6. The molecule has 0 aromatic heterocycles. The van der Waals surface area contributed by atoms with Crippen LogP contribution in [-0.2, 0) is 4.79 Å². The van der Waals surface area contributed by atoms with Crippen molar-refractivity contribution in [2.75, 3.05) is 26.6 Å². The van der Waals surface area contributed by atoms with Gasteiger partial charge in [-0.2, -0.15) is 0 Å². The number of ether oxygens (including phenoxy) is 4. The number of anilines is 1. The zero-order valence-electron chi connectivity index (χ0n) is 17.3. The van der Waals surface area contributed by atoms with Gasteiger partial charge in [0.15, 0.2) is 23.0 Å². The Bertz CT molecular complexity index is 1140. The van der Waals surface area contributed by atoms with Crippen molar-refractivity contribution in [2.24, 2.45) is 0 Å². The molecule has 1 unspecified atom stereocenters. The maximum atomic E-state index is 13.3. The highest BCUT2D eigenvalue weighted by atomic mass is 16.5. The van der Waals surface area contributed by atoms with Gasteiger partial charge in [-0.05, 0) is 23.8 Å². The minimum atomic E-state index is -0.941. The average Bonchev–Trinajstić information content (AvgIpc) is 2.80. The summed E-state index contributed by atoms with van der Waals surface area (Å²) < 4.78 is 22.0. The van der Waals surface area contributed by atoms with Crippen LogP contribution in [0.5, 0.6) is 28.7 Å². The van der Waals surface area contributed by atoms with Crippen molar-refractivity contribution in [1.29, 1.82) is 0 Å². The fourth-order valence-electron chi connectivity index (χ4n) is 3.51. The smallest absolute Gasteiger partial charge is 0.239 e. The molecule has 3 aromatic rings. The van der Waals surface area contributed by atoms with Crippen molar-refractivity contribution in [1.82, 2.24) is 0 Å². The van der Waals surface area contributed by atoms with Gasteiger partial charge in [0, 0.05) is 17.7 Å². The number of benzene rings is 3. The number of amides is 1. The predicted molar refractivity (Wildman–Crippen MR) is 115 cm³/mol. The molecule has 0 spiro atoms. The van der Waals surface area contributed by atoms with E-state index in [1.807, 2.05) is 6.07 Å². The lowest BCUT2D eigenvalue weighted by atomic mass is 9.86. The van der Waals surface area contributed by atoms with Crippen molar-refractivity contribution in [3.05, 3.63) is 71.8 Å². The highest BCUT2D eigenvalue weighted by molar-refractivity contribution is 6.25. The van der Waals surface area contributed by atoms with Gasteiger partial charge in [0.1, 0.15) is 17.4 Å². The largest absolute Gasteiger partial charge is 0.497 e. The third kappa shape index (κ3) is 3.77. The first kappa shape index (κ1) is 20.3. The van der Waals surface area contributed by atoms with Crippen molar-refractivity contribution < 1.29 is 28.5 Å². The molecule has 0 fully saturated rings. The maximum absolute atomic E-state index is 13.3. The Labute approximate surface area is 179 Å². The van der Waals surface area contributed by atoms with E-state index >= 15 is 0 Å². The van der Waals surface area contributed by atoms with Crippen molar-refractivity contribution in [3.63, 3.8) is 0 Å². The Morgan fingerprint density at radius 1 is 0.742 bits per heavy atom. The molecular weight excluding hydrogens is 398 g/mol. The van der Waals surface area contributed by atoms with E-state index < -0.39 is 11.8 Å². The van der Waals surface area contributed by atoms with E-state index in [-0.39, 0.29) is 11.5 Å². The number of hydrogen-bond acceptors (Lipinski definition) is 6. The van der Waals surface area contributed by atoms with E-state index in [1.54, 1.807) is 61.7 Å². The molecule has 1 atom stereocenters. The van der Waals surface area contributed by atoms with Gasteiger partial charge in [0.25, 0.3) is 0 Å². The van der Waals surface area contributed by atoms with E-state index in [9.17, 15) is 9.59 Å². The Hall–Kier alpha value is -4.00. The SMILES string of the molecule is COc1ccc(Oc2cc(OC)cc3c2NC(=O)C(c2ccccc2)C3=O)c(OC)c1. The fourth-order valence-corrected chi connectivity index (χ4v) is 3.51. The van der Waals surface area contributed by atoms with Crippen molar-refractivity contribution in [2.45, 2.75) is 5.92 Å². The lowest BCUT2D eigenvalue weighted by Crippen LogP contribution is -2.33. The summed E-state index contributed by atoms with van der Waals surface area (Å²) in [5.74, 6) is 0.451. The van der Waals surface area contributed by atoms with Crippen LogP contribution < -0.4 is 24.3 Å². The van der Waals surface area contributed by atoms with Gasteiger partial charge in [-0.3, -0.25) is 9.59 Å². The highest BCUT2D eigenvalue weighted by Crippen LogP contribution is 2.44. The highest BCUT2D eigenvalue weighted by Gasteiger charge is 2.37. The van der Waals surface area contributed by atoms with E-state index in [2.05, 4.69) is 5.32 Å². The van der Waals surface area contributed by atoms with Crippen LogP contribution in [0.15, 0.2) is 60.7 Å². The monoisotopic (exact) mass is 419 g/mol. The maximum Gasteiger partial charge on any atom is 0.239 e. The normalized spacial score (nSPS) is 15.0. The third-order valence-corrected chi connectivity index (χ3v) is 5.07. The molecule has 0 saturated heterocycles. The summed E-state index contributed by atoms with van der Waals surface area (Å²) in [7, 11) is 4.57. The lowest BCUT2D eigenvalue weighted by Gasteiger charge is -2.26. The number of carbonyl (C=O) groups excluding carboxylic acids is 2. The summed E-state index contributed by atoms with van der Waals surface area (Å²) in [6.07, 6.45) is 0. The molecule has 0 bridgehead atoms. The van der Waals surface area contributed by atoms with Crippen LogP contribution >= 0.6 is 0 Å². The zero-order valence-corrected chi connectivity index (χ0v) is 17.3. The lowest BCUT2D eigenvalue weighted by molar-refractivity contribution is -0.116. The van der Waals surface area contributed by atoms with E-state index in [0.717, 1.165) is 0 Å². The van der Waals surface area contributed by atoms with Gasteiger partial charge in [-0.1, -0.05) is 30.3 Å². The molecule has 1 N–H and O–H groups in total. The number of carbonyl (C=O) groups is 2. The number of nitrogens with one attached hydrogen (secondary N) is 1. The predicted octanol–water partition coefficient (Wildman–Crippen LogP) is 4.42. The van der Waals surface area contributed by atoms with Crippen molar-refractivity contribution in [3.8, 4) is 28.7 Å². The number of fused-ring (bicyclic) bond motifs is 1. The van der Waals surface area contributed by atoms with E-state index in [4.69, 9.17) is 18.9 Å². The fraction of sp³-hybridized carbons (Fsp3) is 0.167. The Morgan fingerprint density at radius 2 is 1.45 bits per heavy atom. The minimum Gasteiger partial charge on any atom is -0.497 e. The molecule has 4 rings (SSSR count). The molecule has 1 heterocycles. The molecule has 7 nitrogen and oxygen atoms in total. The van der Waals surface area contributed by atoms with E-state index in [1.165, 1.54) is 14.2 Å². The molecule has 31 heavy (non-hydrogen) atoms. The van der Waals surface area contributed by atoms with Crippen molar-refractivity contribution >= 4 is 17.4 Å². The first-order chi connectivity index (χ1) is 15.0. The molecule has 1 aliphatic heterocycles. The average molecular weight is 419 g/mol. The molecule has 1 aliphatic rings.